The summed E-state index contributed by atoms with van der Waals surface area (Å²) in [4.78, 5) is 39.6. The third-order valence-corrected chi connectivity index (χ3v) is 8.73. The van der Waals surface area contributed by atoms with Crippen LogP contribution in [0.15, 0.2) is 60.7 Å². The molecule has 0 spiro atoms. The van der Waals surface area contributed by atoms with E-state index in [1.54, 1.807) is 4.90 Å². The zero-order valence-electron chi connectivity index (χ0n) is 18.2. The lowest BCUT2D eigenvalue weighted by atomic mass is 9.95. The molecule has 168 valence electrons. The molecule has 3 atom stereocenters. The zero-order valence-corrected chi connectivity index (χ0v) is 19.9. The van der Waals surface area contributed by atoms with Gasteiger partial charge in [0.25, 0.3) is 5.91 Å². The maximum atomic E-state index is 13.3. The van der Waals surface area contributed by atoms with Crippen LogP contribution in [0.5, 0.6) is 0 Å². The third-order valence-electron chi connectivity index (χ3n) is 5.81. The van der Waals surface area contributed by atoms with Gasteiger partial charge in [-0.2, -0.15) is 0 Å². The highest BCUT2D eigenvalue weighted by Gasteiger charge is 2.72. The normalized spacial score (nSPS) is 25.6. The van der Waals surface area contributed by atoms with Crippen LogP contribution < -0.4 is 5.32 Å². The fraction of sp³-hybridized carbons (Fsp3) is 0.375. The first-order valence-electron chi connectivity index (χ1n) is 10.4. The number of carbonyl (C=O) groups is 3. The average molecular weight is 471 g/mol. The van der Waals surface area contributed by atoms with Gasteiger partial charge in [0.2, 0.25) is 5.91 Å². The van der Waals surface area contributed by atoms with Gasteiger partial charge in [0.05, 0.1) is 6.42 Å². The summed E-state index contributed by atoms with van der Waals surface area (Å²) >= 11 is 2.84. The van der Waals surface area contributed by atoms with Crippen molar-refractivity contribution in [1.82, 2.24) is 10.2 Å². The Hall–Kier alpha value is -2.45. The first kappa shape index (κ1) is 22.7. The minimum absolute atomic E-state index is 0.158. The molecule has 0 unspecified atom stereocenters. The van der Waals surface area contributed by atoms with Gasteiger partial charge in [-0.05, 0) is 31.2 Å². The predicted octanol–water partition coefficient (Wildman–Crippen LogP) is 3.21. The number of esters is 1. The van der Waals surface area contributed by atoms with Crippen molar-refractivity contribution in [3.63, 3.8) is 0 Å². The minimum Gasteiger partial charge on any atom is -0.459 e. The number of thioether (sulfide) groups is 2. The van der Waals surface area contributed by atoms with Crippen LogP contribution in [-0.4, -0.2) is 50.0 Å². The molecule has 2 heterocycles. The maximum Gasteiger partial charge on any atom is 0.330 e. The number of nitrogens with zero attached hydrogens (tertiary/aromatic N) is 1. The predicted molar refractivity (Wildman–Crippen MR) is 127 cm³/mol. The summed E-state index contributed by atoms with van der Waals surface area (Å²) in [6.07, 6.45) is 2.01. The third kappa shape index (κ3) is 4.01. The van der Waals surface area contributed by atoms with Crippen molar-refractivity contribution in [3.8, 4) is 0 Å². The van der Waals surface area contributed by atoms with Crippen molar-refractivity contribution in [2.75, 3.05) is 6.26 Å². The van der Waals surface area contributed by atoms with Gasteiger partial charge in [0, 0.05) is 4.75 Å². The quantitative estimate of drug-likeness (QED) is 0.381. The molecule has 2 fully saturated rings. The Kier molecular flexibility index (Phi) is 6.27. The fourth-order valence-electron chi connectivity index (χ4n) is 4.21. The molecule has 0 aliphatic carbocycles. The average Bonchev–Trinajstić information content (AvgIpc) is 3.06. The van der Waals surface area contributed by atoms with Crippen molar-refractivity contribution in [2.24, 2.45) is 0 Å². The molecule has 0 bridgehead atoms. The van der Waals surface area contributed by atoms with E-state index < -0.39 is 21.6 Å². The van der Waals surface area contributed by atoms with E-state index in [4.69, 9.17) is 4.74 Å². The molecule has 2 aliphatic rings. The number of ether oxygens (including phenoxy) is 1. The molecule has 1 N–H and O–H groups in total. The SMILES string of the molecule is CS[C@@]1(NC(=O)Cc2ccccc2)C(=O)N2[C@@H](C(=O)OCc3ccccc3)C(C)(C)S[C@@H]21. The molecule has 2 aromatic rings. The number of nitrogens with one attached hydrogen (secondary N) is 1. The monoisotopic (exact) mass is 470 g/mol. The van der Waals surface area contributed by atoms with Gasteiger partial charge in [0.15, 0.2) is 4.87 Å². The summed E-state index contributed by atoms with van der Waals surface area (Å²) in [6.45, 7) is 4.04. The van der Waals surface area contributed by atoms with E-state index in [0.29, 0.717) is 0 Å². The lowest BCUT2D eigenvalue weighted by Gasteiger charge is -2.52. The summed E-state index contributed by atoms with van der Waals surface area (Å²) in [6, 6.07) is 18.2. The molecule has 2 aromatic carbocycles. The van der Waals surface area contributed by atoms with E-state index in [1.165, 1.54) is 23.5 Å². The molecule has 2 aliphatic heterocycles. The van der Waals surface area contributed by atoms with Gasteiger partial charge in [-0.3, -0.25) is 9.59 Å². The number of carbonyl (C=O) groups excluding carboxylic acids is 3. The first-order chi connectivity index (χ1) is 15.3. The number of benzene rings is 2. The van der Waals surface area contributed by atoms with E-state index in [2.05, 4.69) is 5.32 Å². The summed E-state index contributed by atoms with van der Waals surface area (Å²) in [5, 5.41) is 2.63. The van der Waals surface area contributed by atoms with Crippen LogP contribution in [0.4, 0.5) is 0 Å². The van der Waals surface area contributed by atoms with E-state index >= 15 is 0 Å². The van der Waals surface area contributed by atoms with Gasteiger partial charge < -0.3 is 15.0 Å². The molecule has 32 heavy (non-hydrogen) atoms. The maximum absolute atomic E-state index is 13.3. The number of hydrogen-bond donors (Lipinski definition) is 1. The van der Waals surface area contributed by atoms with Gasteiger partial charge in [-0.1, -0.05) is 60.7 Å². The molecule has 8 heteroatoms. The molecular formula is C24H26N2O4S2. The van der Waals surface area contributed by atoms with Crippen molar-refractivity contribution >= 4 is 41.3 Å². The van der Waals surface area contributed by atoms with E-state index in [0.717, 1.165) is 11.1 Å². The van der Waals surface area contributed by atoms with E-state index in [9.17, 15) is 14.4 Å². The van der Waals surface area contributed by atoms with Crippen LogP contribution in [0.3, 0.4) is 0 Å². The molecule has 0 aromatic heterocycles. The minimum atomic E-state index is -1.08. The van der Waals surface area contributed by atoms with Crippen molar-refractivity contribution in [1.29, 1.82) is 0 Å². The largest absolute Gasteiger partial charge is 0.459 e. The van der Waals surface area contributed by atoms with Gasteiger partial charge in [0.1, 0.15) is 18.0 Å². The van der Waals surface area contributed by atoms with Gasteiger partial charge in [-0.15, -0.1) is 23.5 Å². The smallest absolute Gasteiger partial charge is 0.330 e. The van der Waals surface area contributed by atoms with E-state index in [1.807, 2.05) is 80.8 Å². The number of amides is 2. The Morgan fingerprint density at radius 1 is 1.06 bits per heavy atom. The zero-order chi connectivity index (χ0) is 22.9. The number of fused-ring (bicyclic) bond motifs is 1. The lowest BCUT2D eigenvalue weighted by molar-refractivity contribution is -0.166. The highest BCUT2D eigenvalue weighted by atomic mass is 32.2. The second-order valence-electron chi connectivity index (χ2n) is 8.43. The Bertz CT molecular complexity index is 1020. The summed E-state index contributed by atoms with van der Waals surface area (Å²) in [7, 11) is 0. The highest BCUT2D eigenvalue weighted by Crippen LogP contribution is 2.57. The van der Waals surface area contributed by atoms with Gasteiger partial charge >= 0.3 is 5.97 Å². The van der Waals surface area contributed by atoms with Crippen LogP contribution in [0, 0.1) is 0 Å². The molecule has 2 amide bonds. The van der Waals surface area contributed by atoms with Crippen LogP contribution in [0.1, 0.15) is 25.0 Å². The summed E-state index contributed by atoms with van der Waals surface area (Å²) in [5.41, 5.74) is 1.77. The Balaban J connectivity index is 1.47. The van der Waals surface area contributed by atoms with Gasteiger partial charge in [-0.25, -0.2) is 4.79 Å². The Labute approximate surface area is 196 Å². The summed E-state index contributed by atoms with van der Waals surface area (Å²) in [5.74, 6) is -0.893. The highest BCUT2D eigenvalue weighted by molar-refractivity contribution is 8.05. The number of hydrogen-bond acceptors (Lipinski definition) is 6. The van der Waals surface area contributed by atoms with Crippen LogP contribution in [0.2, 0.25) is 0 Å². The summed E-state index contributed by atoms with van der Waals surface area (Å²) < 4.78 is 5.02. The molecule has 0 saturated carbocycles. The van der Waals surface area contributed by atoms with Crippen molar-refractivity contribution in [2.45, 2.75) is 47.9 Å². The fourth-order valence-corrected chi connectivity index (χ4v) is 7.02. The first-order valence-corrected chi connectivity index (χ1v) is 12.5. The molecule has 6 nitrogen and oxygen atoms in total. The lowest BCUT2D eigenvalue weighted by Crippen LogP contribution is -2.78. The Morgan fingerprint density at radius 2 is 1.66 bits per heavy atom. The van der Waals surface area contributed by atoms with Crippen LogP contribution >= 0.6 is 23.5 Å². The molecular weight excluding hydrogens is 444 g/mol. The van der Waals surface area contributed by atoms with E-state index in [-0.39, 0.29) is 30.2 Å². The molecule has 2 saturated heterocycles. The molecule has 4 rings (SSSR count). The van der Waals surface area contributed by atoms with Crippen molar-refractivity contribution in [3.05, 3.63) is 71.8 Å². The van der Waals surface area contributed by atoms with Crippen LogP contribution in [-0.2, 0) is 32.1 Å². The second-order valence-corrected chi connectivity index (χ2v) is 11.2. The molecule has 0 radical (unpaired) electrons. The van der Waals surface area contributed by atoms with Crippen molar-refractivity contribution < 1.29 is 19.1 Å². The second kappa shape index (κ2) is 8.83. The Morgan fingerprint density at radius 3 is 2.25 bits per heavy atom. The topological polar surface area (TPSA) is 75.7 Å². The standard InChI is InChI=1S/C24H26N2O4S2/c1-23(2)19(20(28)30-15-17-12-8-5-9-13-17)26-21(29)24(31-3,22(26)32-23)25-18(27)14-16-10-6-4-7-11-16/h4-13,19,22H,14-15H2,1-3H3,(H,25,27)/t19-,22+,24-/m0/s1. The number of β-lactam (4-membered cyclic amide) rings is 1. The van der Waals surface area contributed by atoms with Crippen LogP contribution in [0.25, 0.3) is 0 Å². The number of rotatable bonds is 7.